The molecule has 0 aliphatic carbocycles. The van der Waals surface area contributed by atoms with Crippen LogP contribution in [0.3, 0.4) is 0 Å². The van der Waals surface area contributed by atoms with Crippen molar-refractivity contribution in [3.63, 3.8) is 0 Å². The zero-order chi connectivity index (χ0) is 15.5. The second-order valence-electron chi connectivity index (χ2n) is 4.10. The van der Waals surface area contributed by atoms with Crippen LogP contribution < -0.4 is 4.74 Å². The van der Waals surface area contributed by atoms with E-state index in [-0.39, 0.29) is 0 Å². The molecular formula is C12H19N3O5. The molecule has 8 heteroatoms. The highest BCUT2D eigenvalue weighted by Crippen LogP contribution is 2.03. The van der Waals surface area contributed by atoms with Crippen molar-refractivity contribution in [2.24, 2.45) is 0 Å². The lowest BCUT2D eigenvalue weighted by molar-refractivity contribution is -0.159. The lowest BCUT2D eigenvalue weighted by atomic mass is 10.2. The molecule has 1 aromatic heterocycles. The highest BCUT2D eigenvalue weighted by molar-refractivity contribution is 6.27. The van der Waals surface area contributed by atoms with Crippen LogP contribution in [0.5, 0.6) is 5.88 Å². The molecule has 0 aliphatic rings. The molecule has 0 fully saturated rings. The van der Waals surface area contributed by atoms with Gasteiger partial charge in [-0.25, -0.2) is 14.6 Å². The lowest BCUT2D eigenvalue weighted by Crippen LogP contribution is -2.26. The summed E-state index contributed by atoms with van der Waals surface area (Å²) in [6.45, 7) is 2.85. The van der Waals surface area contributed by atoms with Gasteiger partial charge >= 0.3 is 11.9 Å². The van der Waals surface area contributed by atoms with Crippen LogP contribution in [0.15, 0.2) is 18.6 Å². The largest absolute Gasteiger partial charge is 0.477 e. The highest BCUT2D eigenvalue weighted by atomic mass is 16.5. The van der Waals surface area contributed by atoms with Crippen LogP contribution in [0.4, 0.5) is 0 Å². The van der Waals surface area contributed by atoms with Gasteiger partial charge in [-0.1, -0.05) is 0 Å². The third kappa shape index (κ3) is 8.81. The van der Waals surface area contributed by atoms with E-state index < -0.39 is 11.9 Å². The summed E-state index contributed by atoms with van der Waals surface area (Å²) in [5.41, 5.74) is 0. The van der Waals surface area contributed by atoms with Crippen LogP contribution in [0, 0.1) is 0 Å². The standard InChI is InChI=1S/C10H17N3O.C2H2O4/c1-9(13(2)3)4-7-14-10-8-11-5-6-12-10;3-1(4)2(5)6/h5-6,8-9H,4,7H2,1-3H3;(H,3,4)(H,5,6). The van der Waals surface area contributed by atoms with Crippen LogP contribution in [-0.2, 0) is 9.59 Å². The van der Waals surface area contributed by atoms with E-state index >= 15 is 0 Å². The molecule has 1 heterocycles. The fourth-order valence-electron chi connectivity index (χ4n) is 0.952. The molecule has 0 bridgehead atoms. The lowest BCUT2D eigenvalue weighted by Gasteiger charge is -2.19. The second-order valence-corrected chi connectivity index (χ2v) is 4.10. The molecule has 8 nitrogen and oxygen atoms in total. The van der Waals surface area contributed by atoms with Crippen LogP contribution >= 0.6 is 0 Å². The quantitative estimate of drug-likeness (QED) is 0.745. The number of hydrogen-bond acceptors (Lipinski definition) is 6. The molecule has 1 rings (SSSR count). The molecule has 0 aromatic carbocycles. The first-order chi connectivity index (χ1) is 9.34. The average molecular weight is 285 g/mol. The molecule has 20 heavy (non-hydrogen) atoms. The van der Waals surface area contributed by atoms with Crippen molar-refractivity contribution in [1.29, 1.82) is 0 Å². The van der Waals surface area contributed by atoms with Gasteiger partial charge in [-0.2, -0.15) is 0 Å². The van der Waals surface area contributed by atoms with Gasteiger partial charge in [0.2, 0.25) is 5.88 Å². The zero-order valence-corrected chi connectivity index (χ0v) is 11.7. The number of hydrogen-bond donors (Lipinski definition) is 2. The predicted molar refractivity (Wildman–Crippen MR) is 70.6 cm³/mol. The summed E-state index contributed by atoms with van der Waals surface area (Å²) < 4.78 is 5.43. The summed E-state index contributed by atoms with van der Waals surface area (Å²) in [4.78, 5) is 28.3. The van der Waals surface area contributed by atoms with Crippen molar-refractivity contribution in [1.82, 2.24) is 14.9 Å². The molecular weight excluding hydrogens is 266 g/mol. The Balaban J connectivity index is 0.000000511. The summed E-state index contributed by atoms with van der Waals surface area (Å²) in [6, 6.07) is 0.520. The Morgan fingerprint density at radius 1 is 1.30 bits per heavy atom. The van der Waals surface area contributed by atoms with Crippen molar-refractivity contribution < 1.29 is 24.5 Å². The molecule has 1 unspecified atom stereocenters. The Kier molecular flexibility index (Phi) is 8.60. The molecule has 2 N–H and O–H groups in total. The van der Waals surface area contributed by atoms with Crippen LogP contribution in [-0.4, -0.2) is 63.8 Å². The summed E-state index contributed by atoms with van der Waals surface area (Å²) in [6.07, 6.45) is 5.88. The summed E-state index contributed by atoms with van der Waals surface area (Å²) in [5.74, 6) is -3.05. The average Bonchev–Trinajstić information content (AvgIpc) is 2.40. The minimum atomic E-state index is -1.82. The number of nitrogens with zero attached hydrogens (tertiary/aromatic N) is 3. The fourth-order valence-corrected chi connectivity index (χ4v) is 0.952. The van der Waals surface area contributed by atoms with Gasteiger partial charge in [0.25, 0.3) is 0 Å². The topological polar surface area (TPSA) is 113 Å². The van der Waals surface area contributed by atoms with Crippen molar-refractivity contribution in [3.05, 3.63) is 18.6 Å². The van der Waals surface area contributed by atoms with Gasteiger partial charge in [-0.3, -0.25) is 4.98 Å². The van der Waals surface area contributed by atoms with Gasteiger partial charge in [0.05, 0.1) is 12.8 Å². The Hall–Kier alpha value is -2.22. The Bertz CT molecular complexity index is 399. The molecule has 0 saturated heterocycles. The Morgan fingerprint density at radius 2 is 1.90 bits per heavy atom. The van der Waals surface area contributed by atoms with E-state index in [0.717, 1.165) is 6.42 Å². The second kappa shape index (κ2) is 9.68. The van der Waals surface area contributed by atoms with Crippen molar-refractivity contribution in [2.45, 2.75) is 19.4 Å². The molecule has 0 spiro atoms. The molecule has 1 aromatic rings. The molecule has 0 aliphatic heterocycles. The number of aromatic nitrogens is 2. The molecule has 0 saturated carbocycles. The number of carbonyl (C=O) groups is 2. The Labute approximate surface area is 117 Å². The number of carboxylic acid groups (broad SMARTS) is 2. The van der Waals surface area contributed by atoms with Crippen molar-refractivity contribution in [2.75, 3.05) is 20.7 Å². The minimum absolute atomic E-state index is 0.520. The normalized spacial score (nSPS) is 11.2. The highest BCUT2D eigenvalue weighted by Gasteiger charge is 2.04. The molecule has 1 atom stereocenters. The Morgan fingerprint density at radius 3 is 2.30 bits per heavy atom. The number of carboxylic acids is 2. The van der Waals surface area contributed by atoms with E-state index in [4.69, 9.17) is 24.5 Å². The maximum atomic E-state index is 9.10. The van der Waals surface area contributed by atoms with Gasteiger partial charge < -0.3 is 19.8 Å². The predicted octanol–water partition coefficient (Wildman–Crippen LogP) is 0.351. The van der Waals surface area contributed by atoms with Crippen molar-refractivity contribution >= 4 is 11.9 Å². The van der Waals surface area contributed by atoms with Gasteiger partial charge in [0.1, 0.15) is 0 Å². The van der Waals surface area contributed by atoms with Crippen LogP contribution in [0.25, 0.3) is 0 Å². The smallest absolute Gasteiger partial charge is 0.414 e. The van der Waals surface area contributed by atoms with E-state index in [0.29, 0.717) is 18.5 Å². The van der Waals surface area contributed by atoms with E-state index in [1.807, 2.05) is 0 Å². The van der Waals surface area contributed by atoms with Crippen molar-refractivity contribution in [3.8, 4) is 5.88 Å². The monoisotopic (exact) mass is 285 g/mol. The number of aliphatic carboxylic acids is 2. The SMILES string of the molecule is CC(CCOc1cnccn1)N(C)C.O=C(O)C(=O)O. The number of rotatable bonds is 5. The van der Waals surface area contributed by atoms with E-state index in [9.17, 15) is 0 Å². The van der Waals surface area contributed by atoms with E-state index in [1.165, 1.54) is 0 Å². The number of ether oxygens (including phenoxy) is 1. The van der Waals surface area contributed by atoms with Crippen LogP contribution in [0.2, 0.25) is 0 Å². The minimum Gasteiger partial charge on any atom is -0.477 e. The van der Waals surface area contributed by atoms with Gasteiger partial charge in [0.15, 0.2) is 0 Å². The molecule has 0 radical (unpaired) electrons. The van der Waals surface area contributed by atoms with Gasteiger partial charge in [0, 0.05) is 18.4 Å². The molecule has 112 valence electrons. The zero-order valence-electron chi connectivity index (χ0n) is 11.7. The van der Waals surface area contributed by atoms with Gasteiger partial charge in [-0.05, 0) is 27.4 Å². The summed E-state index contributed by atoms with van der Waals surface area (Å²) in [5, 5.41) is 14.8. The maximum Gasteiger partial charge on any atom is 0.414 e. The first kappa shape index (κ1) is 17.8. The maximum absolute atomic E-state index is 9.10. The van der Waals surface area contributed by atoms with Crippen LogP contribution in [0.1, 0.15) is 13.3 Å². The summed E-state index contributed by atoms with van der Waals surface area (Å²) >= 11 is 0. The first-order valence-corrected chi connectivity index (χ1v) is 5.86. The van der Waals surface area contributed by atoms with E-state index in [2.05, 4.69) is 35.9 Å². The van der Waals surface area contributed by atoms with E-state index in [1.54, 1.807) is 18.6 Å². The third-order valence-corrected chi connectivity index (χ3v) is 2.39. The molecule has 0 amide bonds. The van der Waals surface area contributed by atoms with Gasteiger partial charge in [-0.15, -0.1) is 0 Å². The summed E-state index contributed by atoms with van der Waals surface area (Å²) in [7, 11) is 4.12. The fraction of sp³-hybridized carbons (Fsp3) is 0.500. The first-order valence-electron chi connectivity index (χ1n) is 5.86. The third-order valence-electron chi connectivity index (χ3n) is 2.39.